The third kappa shape index (κ3) is 4.22. The minimum absolute atomic E-state index is 0.0103. The first kappa shape index (κ1) is 18.6. The van der Waals surface area contributed by atoms with Gasteiger partial charge in [0.15, 0.2) is 11.5 Å². The third-order valence-corrected chi connectivity index (χ3v) is 5.09. The van der Waals surface area contributed by atoms with Crippen LogP contribution in [0.4, 0.5) is 5.82 Å². The van der Waals surface area contributed by atoms with Crippen LogP contribution in [-0.2, 0) is 4.79 Å². The van der Waals surface area contributed by atoms with Gasteiger partial charge in [-0.1, -0.05) is 17.7 Å². The van der Waals surface area contributed by atoms with E-state index < -0.39 is 0 Å². The van der Waals surface area contributed by atoms with Gasteiger partial charge in [-0.15, -0.1) is 0 Å². The molecular weight excluding hydrogens is 378 g/mol. The Morgan fingerprint density at radius 2 is 1.93 bits per heavy atom. The van der Waals surface area contributed by atoms with Crippen molar-refractivity contribution in [2.24, 2.45) is 0 Å². The Labute approximate surface area is 169 Å². The number of ether oxygens (including phenoxy) is 2. The van der Waals surface area contributed by atoms with Crippen molar-refractivity contribution in [2.75, 3.05) is 44.3 Å². The fraction of sp³-hybridized carbons (Fsp3) is 0.333. The van der Waals surface area contributed by atoms with Gasteiger partial charge in [-0.2, -0.15) is 0 Å². The summed E-state index contributed by atoms with van der Waals surface area (Å²) in [4.78, 5) is 21.0. The molecule has 1 aromatic carbocycles. The van der Waals surface area contributed by atoms with E-state index in [1.54, 1.807) is 24.4 Å². The molecule has 7 heteroatoms. The summed E-state index contributed by atoms with van der Waals surface area (Å²) in [6.07, 6.45) is 5.97. The molecule has 0 spiro atoms. The highest BCUT2D eigenvalue weighted by Crippen LogP contribution is 2.38. The summed E-state index contributed by atoms with van der Waals surface area (Å²) < 4.78 is 11.3. The predicted molar refractivity (Wildman–Crippen MR) is 109 cm³/mol. The Balaban J connectivity index is 1.38. The molecule has 0 aliphatic carbocycles. The molecule has 28 heavy (non-hydrogen) atoms. The lowest BCUT2D eigenvalue weighted by Crippen LogP contribution is -2.48. The Morgan fingerprint density at radius 3 is 2.71 bits per heavy atom. The van der Waals surface area contributed by atoms with E-state index in [-0.39, 0.29) is 5.91 Å². The lowest BCUT2D eigenvalue weighted by atomic mass is 10.1. The summed E-state index contributed by atoms with van der Waals surface area (Å²) in [7, 11) is 0. The van der Waals surface area contributed by atoms with Crippen LogP contribution in [0.3, 0.4) is 0 Å². The molecule has 2 aromatic rings. The molecule has 0 N–H and O–H groups in total. The molecule has 146 valence electrons. The Kier molecular flexibility index (Phi) is 5.67. The highest BCUT2D eigenvalue weighted by Gasteiger charge is 2.20. The summed E-state index contributed by atoms with van der Waals surface area (Å²) in [6.45, 7) is 4.06. The lowest BCUT2D eigenvalue weighted by Gasteiger charge is -2.34. The second-order valence-electron chi connectivity index (χ2n) is 6.71. The van der Waals surface area contributed by atoms with Gasteiger partial charge in [0.2, 0.25) is 5.91 Å². The normalized spacial score (nSPS) is 16.9. The zero-order chi connectivity index (χ0) is 19.3. The Hall–Kier alpha value is -2.73. The van der Waals surface area contributed by atoms with Gasteiger partial charge in [-0.3, -0.25) is 4.79 Å². The van der Waals surface area contributed by atoms with Gasteiger partial charge in [0.25, 0.3) is 0 Å². The Morgan fingerprint density at radius 1 is 1.11 bits per heavy atom. The van der Waals surface area contributed by atoms with Crippen molar-refractivity contribution in [1.82, 2.24) is 9.88 Å². The van der Waals surface area contributed by atoms with Crippen LogP contribution in [0.5, 0.6) is 11.5 Å². The van der Waals surface area contributed by atoms with Gasteiger partial charge in [0.05, 0.1) is 18.2 Å². The van der Waals surface area contributed by atoms with Crippen LogP contribution >= 0.6 is 11.6 Å². The number of amides is 1. The van der Waals surface area contributed by atoms with Gasteiger partial charge < -0.3 is 19.3 Å². The number of pyridine rings is 1. The average Bonchev–Trinajstić information content (AvgIpc) is 2.99. The van der Waals surface area contributed by atoms with Crippen molar-refractivity contribution in [3.63, 3.8) is 0 Å². The van der Waals surface area contributed by atoms with Crippen molar-refractivity contribution in [3.05, 3.63) is 53.2 Å². The second-order valence-corrected chi connectivity index (χ2v) is 7.12. The smallest absolute Gasteiger partial charge is 0.246 e. The molecule has 2 aliphatic rings. The number of nitrogens with zero attached hydrogens (tertiary/aromatic N) is 3. The third-order valence-electron chi connectivity index (χ3n) is 4.81. The number of benzene rings is 1. The molecule has 1 saturated heterocycles. The quantitative estimate of drug-likeness (QED) is 0.741. The van der Waals surface area contributed by atoms with E-state index in [4.69, 9.17) is 21.1 Å². The molecule has 4 rings (SSSR count). The maximum Gasteiger partial charge on any atom is 0.246 e. The summed E-state index contributed by atoms with van der Waals surface area (Å²) >= 11 is 6.31. The van der Waals surface area contributed by atoms with Gasteiger partial charge in [-0.05, 0) is 35.9 Å². The highest BCUT2D eigenvalue weighted by atomic mass is 35.5. The van der Waals surface area contributed by atoms with Crippen LogP contribution in [-0.4, -0.2) is 55.2 Å². The van der Waals surface area contributed by atoms with Gasteiger partial charge >= 0.3 is 0 Å². The number of carbonyl (C=O) groups is 1. The minimum Gasteiger partial charge on any atom is -0.489 e. The number of aromatic nitrogens is 1. The fourth-order valence-corrected chi connectivity index (χ4v) is 3.59. The van der Waals surface area contributed by atoms with Crippen molar-refractivity contribution < 1.29 is 14.3 Å². The number of hydrogen-bond acceptors (Lipinski definition) is 5. The van der Waals surface area contributed by atoms with Crippen LogP contribution in [0.15, 0.2) is 42.6 Å². The van der Waals surface area contributed by atoms with E-state index in [0.29, 0.717) is 42.8 Å². The topological polar surface area (TPSA) is 54.9 Å². The van der Waals surface area contributed by atoms with Crippen molar-refractivity contribution in [2.45, 2.75) is 6.42 Å². The molecule has 1 amide bonds. The summed E-state index contributed by atoms with van der Waals surface area (Å²) in [5.41, 5.74) is 0.815. The molecular formula is C21H22ClN3O3. The zero-order valence-corrected chi connectivity index (χ0v) is 16.3. The molecule has 0 unspecified atom stereocenters. The second kappa shape index (κ2) is 8.52. The van der Waals surface area contributed by atoms with E-state index >= 15 is 0 Å². The molecule has 0 saturated carbocycles. The first-order valence-corrected chi connectivity index (χ1v) is 9.80. The standard InChI is InChI=1S/C21H22ClN3O3/c22-17-14-16(15-18-21(17)28-13-3-12-27-18)5-6-20(26)25-10-8-24(9-11-25)19-4-1-2-7-23-19/h1-2,4-7,14-15H,3,8-13H2. The molecule has 2 aliphatic heterocycles. The van der Waals surface area contributed by atoms with E-state index in [1.165, 1.54) is 0 Å². The molecule has 1 aromatic heterocycles. The number of piperazine rings is 1. The zero-order valence-electron chi connectivity index (χ0n) is 15.5. The number of anilines is 1. The number of hydrogen-bond donors (Lipinski definition) is 0. The van der Waals surface area contributed by atoms with Gasteiger partial charge in [0, 0.05) is 44.9 Å². The maximum absolute atomic E-state index is 12.6. The first-order valence-electron chi connectivity index (χ1n) is 9.43. The molecule has 1 fully saturated rings. The molecule has 0 atom stereocenters. The molecule has 3 heterocycles. The van der Waals surface area contributed by atoms with E-state index in [2.05, 4.69) is 9.88 Å². The SMILES string of the molecule is O=C(C=Cc1cc(Cl)c2c(c1)OCCCO2)N1CCN(c2ccccn2)CC1. The molecule has 0 bridgehead atoms. The summed E-state index contributed by atoms with van der Waals surface area (Å²) in [5.74, 6) is 2.14. The molecule has 6 nitrogen and oxygen atoms in total. The summed E-state index contributed by atoms with van der Waals surface area (Å²) in [6, 6.07) is 9.52. The van der Waals surface area contributed by atoms with Crippen molar-refractivity contribution >= 4 is 29.4 Å². The predicted octanol–water partition coefficient (Wildman–Crippen LogP) is 3.26. The van der Waals surface area contributed by atoms with Crippen molar-refractivity contribution in [3.8, 4) is 11.5 Å². The number of fused-ring (bicyclic) bond motifs is 1. The van der Waals surface area contributed by atoms with Gasteiger partial charge in [-0.25, -0.2) is 4.98 Å². The van der Waals surface area contributed by atoms with Crippen LogP contribution in [0, 0.1) is 0 Å². The number of halogens is 1. The monoisotopic (exact) mass is 399 g/mol. The average molecular weight is 400 g/mol. The Bertz CT molecular complexity index is 865. The van der Waals surface area contributed by atoms with Crippen LogP contribution in [0.25, 0.3) is 6.08 Å². The highest BCUT2D eigenvalue weighted by molar-refractivity contribution is 6.32. The van der Waals surface area contributed by atoms with Crippen LogP contribution in [0.1, 0.15) is 12.0 Å². The summed E-state index contributed by atoms with van der Waals surface area (Å²) in [5, 5.41) is 0.496. The first-order chi connectivity index (χ1) is 13.7. The number of carbonyl (C=O) groups excluding carboxylic acids is 1. The van der Waals surface area contributed by atoms with E-state index in [0.717, 1.165) is 30.9 Å². The fourth-order valence-electron chi connectivity index (χ4n) is 3.32. The van der Waals surface area contributed by atoms with E-state index in [1.807, 2.05) is 29.2 Å². The molecule has 0 radical (unpaired) electrons. The van der Waals surface area contributed by atoms with Crippen LogP contribution in [0.2, 0.25) is 5.02 Å². The van der Waals surface area contributed by atoms with Crippen LogP contribution < -0.4 is 14.4 Å². The van der Waals surface area contributed by atoms with E-state index in [9.17, 15) is 4.79 Å². The number of rotatable bonds is 3. The minimum atomic E-state index is -0.0103. The van der Waals surface area contributed by atoms with Crippen molar-refractivity contribution in [1.29, 1.82) is 0 Å². The largest absolute Gasteiger partial charge is 0.489 e. The lowest BCUT2D eigenvalue weighted by molar-refractivity contribution is -0.126. The van der Waals surface area contributed by atoms with Gasteiger partial charge in [0.1, 0.15) is 5.82 Å². The maximum atomic E-state index is 12.6.